The maximum atomic E-state index is 12.9. The maximum Gasteiger partial charge on any atom is 0.319 e. The first-order valence-electron chi connectivity index (χ1n) is 5.83. The van der Waals surface area contributed by atoms with Gasteiger partial charge in [-0.2, -0.15) is 0 Å². The van der Waals surface area contributed by atoms with Gasteiger partial charge in [-0.1, -0.05) is 6.92 Å². The molecule has 0 radical (unpaired) electrons. The van der Waals surface area contributed by atoms with E-state index in [1.165, 1.54) is 25.3 Å². The molecular formula is C13H17FN2O3. The van der Waals surface area contributed by atoms with E-state index < -0.39 is 17.9 Å². The number of amides is 2. The van der Waals surface area contributed by atoms with Gasteiger partial charge in [-0.25, -0.2) is 9.18 Å². The molecule has 19 heavy (non-hydrogen) atoms. The third-order valence-electron chi connectivity index (χ3n) is 2.61. The number of ether oxygens (including phenoxy) is 1. The summed E-state index contributed by atoms with van der Waals surface area (Å²) in [6.07, 6.45) is 0. The highest BCUT2D eigenvalue weighted by molar-refractivity contribution is 5.90. The second-order valence-corrected chi connectivity index (χ2v) is 4.22. The van der Waals surface area contributed by atoms with Crippen molar-refractivity contribution >= 4 is 17.7 Å². The maximum absolute atomic E-state index is 12.9. The van der Waals surface area contributed by atoms with Gasteiger partial charge in [0, 0.05) is 12.2 Å². The molecule has 2 amide bonds. The zero-order valence-electron chi connectivity index (χ0n) is 11.1. The van der Waals surface area contributed by atoms with Gasteiger partial charge in [0.1, 0.15) is 5.82 Å². The minimum atomic E-state index is -0.453. The Morgan fingerprint density at radius 1 is 1.42 bits per heavy atom. The summed E-state index contributed by atoms with van der Waals surface area (Å²) in [5.74, 6) is -1.17. The van der Waals surface area contributed by atoms with Crippen molar-refractivity contribution in [3.05, 3.63) is 29.6 Å². The number of hydrogen-bond acceptors (Lipinski definition) is 3. The normalized spacial score (nSPS) is 11.6. The molecule has 0 fully saturated rings. The summed E-state index contributed by atoms with van der Waals surface area (Å²) >= 11 is 0. The smallest absolute Gasteiger partial charge is 0.319 e. The predicted molar refractivity (Wildman–Crippen MR) is 69.3 cm³/mol. The summed E-state index contributed by atoms with van der Waals surface area (Å²) in [7, 11) is 1.29. The molecular weight excluding hydrogens is 251 g/mol. The summed E-state index contributed by atoms with van der Waals surface area (Å²) in [6.45, 7) is 3.50. The highest BCUT2D eigenvalue weighted by Crippen LogP contribution is 2.15. The number of rotatable bonds is 4. The van der Waals surface area contributed by atoms with Crippen molar-refractivity contribution in [1.29, 1.82) is 0 Å². The van der Waals surface area contributed by atoms with Gasteiger partial charge >= 0.3 is 12.0 Å². The number of benzene rings is 1. The minimum Gasteiger partial charge on any atom is -0.469 e. The zero-order chi connectivity index (χ0) is 14.4. The summed E-state index contributed by atoms with van der Waals surface area (Å²) in [5.41, 5.74) is 1.14. The zero-order valence-corrected chi connectivity index (χ0v) is 11.1. The van der Waals surface area contributed by atoms with Crippen molar-refractivity contribution in [3.63, 3.8) is 0 Å². The van der Waals surface area contributed by atoms with Gasteiger partial charge in [-0.3, -0.25) is 4.79 Å². The Balaban J connectivity index is 2.49. The lowest BCUT2D eigenvalue weighted by atomic mass is 10.2. The highest BCUT2D eigenvalue weighted by atomic mass is 19.1. The van der Waals surface area contributed by atoms with Crippen LogP contribution in [0, 0.1) is 18.7 Å². The van der Waals surface area contributed by atoms with E-state index in [2.05, 4.69) is 15.4 Å². The van der Waals surface area contributed by atoms with E-state index in [1.807, 2.05) is 0 Å². The van der Waals surface area contributed by atoms with Crippen molar-refractivity contribution in [2.45, 2.75) is 13.8 Å². The van der Waals surface area contributed by atoms with Crippen LogP contribution in [0.4, 0.5) is 14.9 Å². The molecule has 0 bridgehead atoms. The van der Waals surface area contributed by atoms with E-state index in [-0.39, 0.29) is 12.4 Å². The Kier molecular flexibility index (Phi) is 5.29. The van der Waals surface area contributed by atoms with Crippen molar-refractivity contribution in [2.75, 3.05) is 19.0 Å². The lowest BCUT2D eigenvalue weighted by molar-refractivity contribution is -0.144. The van der Waals surface area contributed by atoms with Gasteiger partial charge in [-0.15, -0.1) is 0 Å². The Labute approximate surface area is 111 Å². The lowest BCUT2D eigenvalue weighted by Gasteiger charge is -2.12. The Morgan fingerprint density at radius 2 is 2.11 bits per heavy atom. The molecule has 104 valence electrons. The molecule has 0 saturated carbocycles. The number of nitrogens with one attached hydrogen (secondary N) is 2. The molecule has 0 spiro atoms. The van der Waals surface area contributed by atoms with Crippen LogP contribution >= 0.6 is 0 Å². The average Bonchev–Trinajstić information content (AvgIpc) is 2.38. The van der Waals surface area contributed by atoms with Crippen LogP contribution in [0.5, 0.6) is 0 Å². The first-order chi connectivity index (χ1) is 8.93. The standard InChI is InChI=1S/C13H17FN2O3/c1-8-6-10(14)4-5-11(8)16-13(18)15-7-9(2)12(17)19-3/h4-6,9H,7H2,1-3H3,(H2,15,16,18)/t9-/m0/s1. The van der Waals surface area contributed by atoms with E-state index in [0.717, 1.165) is 0 Å². The Hall–Kier alpha value is -2.11. The minimum absolute atomic E-state index is 0.165. The highest BCUT2D eigenvalue weighted by Gasteiger charge is 2.14. The number of methoxy groups -OCH3 is 1. The second-order valence-electron chi connectivity index (χ2n) is 4.22. The summed E-state index contributed by atoms with van der Waals surface area (Å²) in [6, 6.07) is 3.62. The van der Waals surface area contributed by atoms with E-state index in [0.29, 0.717) is 11.3 Å². The number of carbonyl (C=O) groups excluding carboxylic acids is 2. The SMILES string of the molecule is COC(=O)[C@@H](C)CNC(=O)Nc1ccc(F)cc1C. The molecule has 2 N–H and O–H groups in total. The van der Waals surface area contributed by atoms with Crippen LogP contribution in [0.1, 0.15) is 12.5 Å². The molecule has 1 aromatic rings. The van der Waals surface area contributed by atoms with Crippen LogP contribution < -0.4 is 10.6 Å². The molecule has 0 aliphatic carbocycles. The van der Waals surface area contributed by atoms with E-state index in [4.69, 9.17) is 0 Å². The summed E-state index contributed by atoms with van der Waals surface area (Å²) < 4.78 is 17.4. The van der Waals surface area contributed by atoms with Crippen LogP contribution in [-0.2, 0) is 9.53 Å². The van der Waals surface area contributed by atoms with Crippen molar-refractivity contribution < 1.29 is 18.7 Å². The topological polar surface area (TPSA) is 67.4 Å². The van der Waals surface area contributed by atoms with Crippen LogP contribution in [0.15, 0.2) is 18.2 Å². The third kappa shape index (κ3) is 4.57. The lowest BCUT2D eigenvalue weighted by Crippen LogP contribution is -2.35. The first kappa shape index (κ1) is 14.9. The van der Waals surface area contributed by atoms with Crippen LogP contribution in [-0.4, -0.2) is 25.7 Å². The molecule has 0 heterocycles. The number of urea groups is 1. The number of esters is 1. The van der Waals surface area contributed by atoms with Gasteiger partial charge in [0.15, 0.2) is 0 Å². The second kappa shape index (κ2) is 6.72. The molecule has 0 unspecified atom stereocenters. The first-order valence-corrected chi connectivity index (χ1v) is 5.83. The van der Waals surface area contributed by atoms with Gasteiger partial charge < -0.3 is 15.4 Å². The number of halogens is 1. The largest absolute Gasteiger partial charge is 0.469 e. The van der Waals surface area contributed by atoms with Gasteiger partial charge in [0.05, 0.1) is 13.0 Å². The molecule has 0 aliphatic rings. The van der Waals surface area contributed by atoms with Crippen molar-refractivity contribution in [3.8, 4) is 0 Å². The van der Waals surface area contributed by atoms with Crippen molar-refractivity contribution in [2.24, 2.45) is 5.92 Å². The molecule has 0 saturated heterocycles. The molecule has 5 nitrogen and oxygen atoms in total. The van der Waals surface area contributed by atoms with E-state index in [9.17, 15) is 14.0 Å². The van der Waals surface area contributed by atoms with Crippen molar-refractivity contribution in [1.82, 2.24) is 5.32 Å². The molecule has 0 aliphatic heterocycles. The molecule has 1 rings (SSSR count). The Bertz CT molecular complexity index is 477. The molecule has 1 aromatic carbocycles. The van der Waals surface area contributed by atoms with Gasteiger partial charge in [0.2, 0.25) is 0 Å². The fourth-order valence-corrected chi connectivity index (χ4v) is 1.46. The van der Waals surface area contributed by atoms with E-state index in [1.54, 1.807) is 13.8 Å². The number of carbonyl (C=O) groups is 2. The third-order valence-corrected chi connectivity index (χ3v) is 2.61. The molecule has 6 heteroatoms. The van der Waals surface area contributed by atoms with Crippen LogP contribution in [0.2, 0.25) is 0 Å². The molecule has 0 aromatic heterocycles. The summed E-state index contributed by atoms with van der Waals surface area (Å²) in [5, 5.41) is 5.12. The predicted octanol–water partition coefficient (Wildman–Crippen LogP) is 2.06. The fourth-order valence-electron chi connectivity index (χ4n) is 1.46. The van der Waals surface area contributed by atoms with Crippen LogP contribution in [0.25, 0.3) is 0 Å². The Morgan fingerprint density at radius 3 is 2.68 bits per heavy atom. The fraction of sp³-hybridized carbons (Fsp3) is 0.385. The average molecular weight is 268 g/mol. The number of hydrogen-bond donors (Lipinski definition) is 2. The number of aryl methyl sites for hydroxylation is 1. The quantitative estimate of drug-likeness (QED) is 0.821. The van der Waals surface area contributed by atoms with Gasteiger partial charge in [0.25, 0.3) is 0 Å². The van der Waals surface area contributed by atoms with Gasteiger partial charge in [-0.05, 0) is 30.7 Å². The van der Waals surface area contributed by atoms with Crippen LogP contribution in [0.3, 0.4) is 0 Å². The van der Waals surface area contributed by atoms with E-state index >= 15 is 0 Å². The molecule has 1 atom stereocenters. The monoisotopic (exact) mass is 268 g/mol. The number of anilines is 1. The summed E-state index contributed by atoms with van der Waals surface area (Å²) in [4.78, 5) is 22.7.